The van der Waals surface area contributed by atoms with Gasteiger partial charge in [0.2, 0.25) is 0 Å². The normalized spacial score (nSPS) is 18.0. The quantitative estimate of drug-likeness (QED) is 0.210. The lowest BCUT2D eigenvalue weighted by molar-refractivity contribution is 0.0729. The lowest BCUT2D eigenvalue weighted by Crippen LogP contribution is -2.15. The third kappa shape index (κ3) is 7.39. The smallest absolute Gasteiger partial charge is 0.346 e. The summed E-state index contributed by atoms with van der Waals surface area (Å²) < 4.78 is 33.3. The van der Waals surface area contributed by atoms with Crippen molar-refractivity contribution < 1.29 is 18.3 Å². The van der Waals surface area contributed by atoms with E-state index in [9.17, 15) is 13.6 Å². The summed E-state index contributed by atoms with van der Waals surface area (Å²) >= 11 is 0. The van der Waals surface area contributed by atoms with E-state index in [-0.39, 0.29) is 16.9 Å². The average Bonchev–Trinajstić information content (AvgIpc) is 2.81. The van der Waals surface area contributed by atoms with Crippen LogP contribution in [0.4, 0.5) is 8.78 Å². The zero-order valence-electron chi connectivity index (χ0n) is 19.4. The van der Waals surface area contributed by atoms with E-state index in [0.29, 0.717) is 5.92 Å². The van der Waals surface area contributed by atoms with E-state index in [1.165, 1.54) is 82.1 Å². The number of halogens is 2. The van der Waals surface area contributed by atoms with Crippen molar-refractivity contribution in [2.24, 2.45) is 11.8 Å². The third-order valence-corrected chi connectivity index (χ3v) is 6.80. The lowest BCUT2D eigenvalue weighted by atomic mass is 9.77. The van der Waals surface area contributed by atoms with Gasteiger partial charge in [-0.3, -0.25) is 0 Å². The van der Waals surface area contributed by atoms with Crippen LogP contribution in [0.1, 0.15) is 92.6 Å². The highest BCUT2D eigenvalue weighted by atomic mass is 19.1. The Hall–Kier alpha value is -2.74. The van der Waals surface area contributed by atoms with Crippen LogP contribution in [0.5, 0.6) is 5.75 Å². The second kappa shape index (κ2) is 12.5. The SMILES string of the molecule is CCCCCC[C@H]1CC[C@H](CCc2ccc(C(=O)Oc3ccc(C#N)c(F)c3)c(F)c2)CC1. The Morgan fingerprint density at radius 1 is 0.970 bits per heavy atom. The van der Waals surface area contributed by atoms with Crippen LogP contribution in [0.15, 0.2) is 36.4 Å². The first-order valence-electron chi connectivity index (χ1n) is 12.2. The van der Waals surface area contributed by atoms with Crippen LogP contribution in [-0.2, 0) is 6.42 Å². The molecule has 2 aromatic carbocycles. The molecule has 0 radical (unpaired) electrons. The summed E-state index contributed by atoms with van der Waals surface area (Å²) in [4.78, 5) is 12.3. The second-order valence-corrected chi connectivity index (χ2v) is 9.23. The van der Waals surface area contributed by atoms with Crippen LogP contribution in [0.2, 0.25) is 0 Å². The van der Waals surface area contributed by atoms with Gasteiger partial charge in [0.05, 0.1) is 11.1 Å². The minimum Gasteiger partial charge on any atom is -0.423 e. The lowest BCUT2D eigenvalue weighted by Gasteiger charge is -2.28. The number of nitriles is 1. The van der Waals surface area contributed by atoms with Crippen molar-refractivity contribution in [1.29, 1.82) is 5.26 Å². The topological polar surface area (TPSA) is 50.1 Å². The molecule has 0 unspecified atom stereocenters. The number of nitrogens with zero attached hydrogens (tertiary/aromatic N) is 1. The summed E-state index contributed by atoms with van der Waals surface area (Å²) in [5.41, 5.74) is 0.535. The van der Waals surface area contributed by atoms with Crippen LogP contribution in [0.3, 0.4) is 0 Å². The predicted molar refractivity (Wildman–Crippen MR) is 125 cm³/mol. The molecule has 176 valence electrons. The Kier molecular flexibility index (Phi) is 9.42. The molecule has 1 fully saturated rings. The molecule has 1 aliphatic carbocycles. The molecule has 0 amide bonds. The minimum absolute atomic E-state index is 0.0686. The molecule has 3 nitrogen and oxygen atoms in total. The molecule has 0 aliphatic heterocycles. The molecule has 0 atom stereocenters. The van der Waals surface area contributed by atoms with Gasteiger partial charge < -0.3 is 4.74 Å². The fourth-order valence-electron chi connectivity index (χ4n) is 4.73. The van der Waals surface area contributed by atoms with Gasteiger partial charge in [-0.15, -0.1) is 0 Å². The molecule has 5 heteroatoms. The highest BCUT2D eigenvalue weighted by Gasteiger charge is 2.21. The average molecular weight is 454 g/mol. The Morgan fingerprint density at radius 3 is 2.33 bits per heavy atom. The molecule has 0 N–H and O–H groups in total. The molecule has 0 bridgehead atoms. The molecule has 2 aromatic rings. The van der Waals surface area contributed by atoms with Crippen molar-refractivity contribution in [2.75, 3.05) is 0 Å². The summed E-state index contributed by atoms with van der Waals surface area (Å²) in [5.74, 6) is -0.811. The summed E-state index contributed by atoms with van der Waals surface area (Å²) in [6.07, 6.45) is 13.7. The van der Waals surface area contributed by atoms with E-state index in [1.54, 1.807) is 12.1 Å². The number of rotatable bonds is 10. The first kappa shape index (κ1) is 24.9. The Bertz CT molecular complexity index is 974. The van der Waals surface area contributed by atoms with E-state index in [2.05, 4.69) is 6.92 Å². The largest absolute Gasteiger partial charge is 0.423 e. The molecule has 0 spiro atoms. The first-order chi connectivity index (χ1) is 16.0. The van der Waals surface area contributed by atoms with Gasteiger partial charge in [0.15, 0.2) is 0 Å². The van der Waals surface area contributed by atoms with Crippen LogP contribution in [-0.4, -0.2) is 5.97 Å². The molecule has 3 rings (SSSR count). The van der Waals surface area contributed by atoms with Gasteiger partial charge in [-0.25, -0.2) is 13.6 Å². The van der Waals surface area contributed by atoms with Crippen LogP contribution >= 0.6 is 0 Å². The number of esters is 1. The molecule has 33 heavy (non-hydrogen) atoms. The van der Waals surface area contributed by atoms with Gasteiger partial charge >= 0.3 is 5.97 Å². The Balaban J connectivity index is 1.46. The highest BCUT2D eigenvalue weighted by molar-refractivity contribution is 5.91. The molecule has 0 heterocycles. The maximum Gasteiger partial charge on any atom is 0.346 e. The summed E-state index contributed by atoms with van der Waals surface area (Å²) in [7, 11) is 0. The number of hydrogen-bond donors (Lipinski definition) is 0. The van der Waals surface area contributed by atoms with E-state index < -0.39 is 17.6 Å². The van der Waals surface area contributed by atoms with Gasteiger partial charge in [0.1, 0.15) is 23.5 Å². The molecular formula is C28H33F2NO2. The second-order valence-electron chi connectivity index (χ2n) is 9.23. The number of carbonyl (C=O) groups is 1. The third-order valence-electron chi connectivity index (χ3n) is 6.80. The van der Waals surface area contributed by atoms with Gasteiger partial charge in [0.25, 0.3) is 0 Å². The highest BCUT2D eigenvalue weighted by Crippen LogP contribution is 2.34. The molecule has 0 saturated heterocycles. The zero-order chi connectivity index (χ0) is 23.6. The zero-order valence-corrected chi connectivity index (χ0v) is 19.4. The van der Waals surface area contributed by atoms with E-state index in [1.807, 2.05) is 0 Å². The van der Waals surface area contributed by atoms with E-state index >= 15 is 0 Å². The number of ether oxygens (including phenoxy) is 1. The fraction of sp³-hybridized carbons (Fsp3) is 0.500. The van der Waals surface area contributed by atoms with Crippen molar-refractivity contribution >= 4 is 5.97 Å². The van der Waals surface area contributed by atoms with Crippen LogP contribution in [0.25, 0.3) is 0 Å². The summed E-state index contributed by atoms with van der Waals surface area (Å²) in [6.45, 7) is 2.25. The van der Waals surface area contributed by atoms with Gasteiger partial charge in [-0.2, -0.15) is 5.26 Å². The minimum atomic E-state index is -0.889. The Labute approximate surface area is 195 Å². The van der Waals surface area contributed by atoms with E-state index in [4.69, 9.17) is 10.00 Å². The first-order valence-corrected chi connectivity index (χ1v) is 12.2. The van der Waals surface area contributed by atoms with Crippen LogP contribution < -0.4 is 4.74 Å². The molecular weight excluding hydrogens is 420 g/mol. The van der Waals surface area contributed by atoms with Crippen molar-refractivity contribution in [1.82, 2.24) is 0 Å². The van der Waals surface area contributed by atoms with Crippen molar-refractivity contribution in [2.45, 2.75) is 77.6 Å². The number of carbonyl (C=O) groups excluding carboxylic acids is 1. The van der Waals surface area contributed by atoms with E-state index in [0.717, 1.165) is 30.4 Å². The Morgan fingerprint density at radius 2 is 1.70 bits per heavy atom. The van der Waals surface area contributed by atoms with Crippen molar-refractivity contribution in [3.63, 3.8) is 0 Å². The molecule has 1 aliphatic rings. The monoisotopic (exact) mass is 453 g/mol. The van der Waals surface area contributed by atoms with Gasteiger partial charge in [-0.05, 0) is 54.5 Å². The number of aryl methyl sites for hydroxylation is 1. The fourth-order valence-corrected chi connectivity index (χ4v) is 4.73. The maximum atomic E-state index is 14.6. The number of unbranched alkanes of at least 4 members (excludes halogenated alkanes) is 3. The summed E-state index contributed by atoms with van der Waals surface area (Å²) in [6, 6.07) is 9.77. The van der Waals surface area contributed by atoms with Crippen LogP contribution in [0, 0.1) is 34.8 Å². The number of benzene rings is 2. The number of hydrogen-bond acceptors (Lipinski definition) is 3. The molecule has 0 aromatic heterocycles. The summed E-state index contributed by atoms with van der Waals surface area (Å²) in [5, 5.41) is 8.77. The van der Waals surface area contributed by atoms with Crippen molar-refractivity contribution in [3.05, 3.63) is 64.7 Å². The molecule has 1 saturated carbocycles. The van der Waals surface area contributed by atoms with Gasteiger partial charge in [0, 0.05) is 6.07 Å². The predicted octanol–water partition coefficient (Wildman–Crippen LogP) is 7.77. The standard InChI is InChI=1S/C28H33F2NO2/c1-2-3-4-5-6-20-7-9-21(10-8-20)11-12-22-13-16-25(27(30)17-22)28(32)33-24-15-14-23(19-31)26(29)18-24/h13-18,20-21H,2-12H2,1H3/t20-,21-. The van der Waals surface area contributed by atoms with Crippen molar-refractivity contribution in [3.8, 4) is 11.8 Å². The van der Waals surface area contributed by atoms with Gasteiger partial charge in [-0.1, -0.05) is 70.8 Å². The maximum absolute atomic E-state index is 14.6.